The Bertz CT molecular complexity index is 1230. The van der Waals surface area contributed by atoms with Crippen molar-refractivity contribution in [1.29, 1.82) is 0 Å². The maximum Gasteiger partial charge on any atom is 0.257 e. The molecular weight excluding hydrogens is 452 g/mol. The second-order valence-corrected chi connectivity index (χ2v) is 8.44. The van der Waals surface area contributed by atoms with E-state index in [-0.39, 0.29) is 41.8 Å². The number of methoxy groups -OCH3 is 1. The fourth-order valence-electron chi connectivity index (χ4n) is 3.49. The number of carbonyl (C=O) groups excluding carboxylic acids is 3. The third-order valence-corrected chi connectivity index (χ3v) is 6.30. The lowest BCUT2D eigenvalue weighted by Gasteiger charge is -2.19. The summed E-state index contributed by atoms with van der Waals surface area (Å²) < 4.78 is 32.2. The van der Waals surface area contributed by atoms with Crippen LogP contribution in [0.5, 0.6) is 5.75 Å². The normalized spacial score (nSPS) is 15.0. The van der Waals surface area contributed by atoms with Gasteiger partial charge in [0.2, 0.25) is 5.91 Å². The highest BCUT2D eigenvalue weighted by Gasteiger charge is 2.33. The molecule has 0 saturated carbocycles. The third-order valence-electron chi connectivity index (χ3n) is 5.25. The van der Waals surface area contributed by atoms with Gasteiger partial charge in [-0.2, -0.15) is 0 Å². The zero-order valence-corrected chi connectivity index (χ0v) is 18.3. The fourth-order valence-corrected chi connectivity index (χ4v) is 4.43. The minimum absolute atomic E-state index is 0.0170. The van der Waals surface area contributed by atoms with Crippen molar-refractivity contribution in [3.63, 3.8) is 0 Å². The monoisotopic (exact) mass is 471 g/mol. The number of anilines is 1. The first kappa shape index (κ1) is 22.5. The van der Waals surface area contributed by atoms with Gasteiger partial charge in [0.05, 0.1) is 23.6 Å². The summed E-state index contributed by atoms with van der Waals surface area (Å²) in [5, 5.41) is 5.49. The number of benzene rings is 2. The SMILES string of the molecule is COc1ccc(C(=O)Nc2nc3c(s2)C(=O)C[C@H](C(=O)NCc2cccc(F)c2F)C3)cc1. The smallest absolute Gasteiger partial charge is 0.257 e. The first-order valence-corrected chi connectivity index (χ1v) is 10.9. The molecule has 170 valence electrons. The first-order valence-electron chi connectivity index (χ1n) is 10.0. The molecule has 0 spiro atoms. The van der Waals surface area contributed by atoms with E-state index in [1.807, 2.05) is 0 Å². The number of amides is 2. The molecule has 2 N–H and O–H groups in total. The largest absolute Gasteiger partial charge is 0.497 e. The second-order valence-electron chi connectivity index (χ2n) is 7.44. The van der Waals surface area contributed by atoms with Crippen molar-refractivity contribution in [2.75, 3.05) is 12.4 Å². The van der Waals surface area contributed by atoms with Crippen molar-refractivity contribution in [3.05, 3.63) is 75.8 Å². The summed E-state index contributed by atoms with van der Waals surface area (Å²) in [5.41, 5.74) is 0.846. The molecule has 1 atom stereocenters. The molecule has 3 aromatic rings. The number of carbonyl (C=O) groups is 3. The van der Waals surface area contributed by atoms with E-state index >= 15 is 0 Å². The van der Waals surface area contributed by atoms with Crippen LogP contribution in [-0.4, -0.2) is 29.7 Å². The molecule has 4 rings (SSSR count). The average molecular weight is 471 g/mol. The Morgan fingerprint density at radius 2 is 1.91 bits per heavy atom. The molecule has 0 bridgehead atoms. The van der Waals surface area contributed by atoms with Crippen LogP contribution in [0.25, 0.3) is 0 Å². The van der Waals surface area contributed by atoms with Crippen molar-refractivity contribution in [1.82, 2.24) is 10.3 Å². The lowest BCUT2D eigenvalue weighted by molar-refractivity contribution is -0.125. The summed E-state index contributed by atoms with van der Waals surface area (Å²) in [4.78, 5) is 42.3. The van der Waals surface area contributed by atoms with Gasteiger partial charge < -0.3 is 10.1 Å². The maximum atomic E-state index is 13.8. The molecule has 10 heteroatoms. The molecule has 0 radical (unpaired) electrons. The zero-order chi connectivity index (χ0) is 23.5. The number of fused-ring (bicyclic) bond motifs is 1. The van der Waals surface area contributed by atoms with Gasteiger partial charge in [0.25, 0.3) is 5.91 Å². The van der Waals surface area contributed by atoms with Gasteiger partial charge in [0, 0.05) is 30.5 Å². The summed E-state index contributed by atoms with van der Waals surface area (Å²) >= 11 is 1.06. The van der Waals surface area contributed by atoms with Gasteiger partial charge in [-0.3, -0.25) is 19.7 Å². The van der Waals surface area contributed by atoms with Crippen LogP contribution < -0.4 is 15.4 Å². The number of rotatable bonds is 6. The van der Waals surface area contributed by atoms with E-state index in [0.29, 0.717) is 21.9 Å². The summed E-state index contributed by atoms with van der Waals surface area (Å²) in [5.74, 6) is -3.17. The molecule has 0 fully saturated rings. The fraction of sp³-hybridized carbons (Fsp3) is 0.217. The minimum Gasteiger partial charge on any atom is -0.497 e. The Kier molecular flexibility index (Phi) is 6.45. The summed E-state index contributed by atoms with van der Waals surface area (Å²) in [6.07, 6.45) is 0.173. The first-order chi connectivity index (χ1) is 15.9. The van der Waals surface area contributed by atoms with Crippen molar-refractivity contribution in [3.8, 4) is 5.75 Å². The van der Waals surface area contributed by atoms with E-state index in [1.165, 1.54) is 19.2 Å². The van der Waals surface area contributed by atoms with Crippen LogP contribution in [0, 0.1) is 17.6 Å². The molecule has 7 nitrogen and oxygen atoms in total. The van der Waals surface area contributed by atoms with Gasteiger partial charge in [-0.15, -0.1) is 0 Å². The molecule has 2 amide bonds. The quantitative estimate of drug-likeness (QED) is 0.571. The molecule has 1 aliphatic carbocycles. The number of halogens is 2. The Morgan fingerprint density at radius 1 is 1.15 bits per heavy atom. The van der Waals surface area contributed by atoms with Crippen LogP contribution in [-0.2, 0) is 17.8 Å². The number of ether oxygens (including phenoxy) is 1. The lowest BCUT2D eigenvalue weighted by atomic mass is 9.89. The van der Waals surface area contributed by atoms with E-state index < -0.39 is 23.5 Å². The summed E-state index contributed by atoms with van der Waals surface area (Å²) in [6.45, 7) is -0.194. The number of nitrogens with zero attached hydrogens (tertiary/aromatic N) is 1. The molecule has 0 unspecified atom stereocenters. The highest BCUT2D eigenvalue weighted by atomic mass is 32.1. The van der Waals surface area contributed by atoms with E-state index in [9.17, 15) is 23.2 Å². The second kappa shape index (κ2) is 9.45. The minimum atomic E-state index is -1.02. The third kappa shape index (κ3) is 4.90. The van der Waals surface area contributed by atoms with Crippen LogP contribution >= 0.6 is 11.3 Å². The lowest BCUT2D eigenvalue weighted by Crippen LogP contribution is -2.35. The standard InChI is InChI=1S/C23H19F2N3O4S/c1-32-15-7-5-12(6-8-15)22(31)28-23-27-17-9-14(10-18(29)20(17)33-23)21(30)26-11-13-3-2-4-16(24)19(13)25/h2-8,14H,9-11H2,1H3,(H,26,30)(H,27,28,31)/t14-/m1/s1. The molecular formula is C23H19F2N3O4S. The molecule has 0 saturated heterocycles. The molecule has 33 heavy (non-hydrogen) atoms. The Balaban J connectivity index is 1.41. The van der Waals surface area contributed by atoms with Crippen LogP contribution in [0.4, 0.5) is 13.9 Å². The van der Waals surface area contributed by atoms with Crippen molar-refractivity contribution in [2.45, 2.75) is 19.4 Å². The molecule has 1 aromatic heterocycles. The zero-order valence-electron chi connectivity index (χ0n) is 17.5. The number of hydrogen-bond acceptors (Lipinski definition) is 6. The number of ketones is 1. The highest BCUT2D eigenvalue weighted by Crippen LogP contribution is 2.32. The van der Waals surface area contributed by atoms with Crippen molar-refractivity contribution in [2.24, 2.45) is 5.92 Å². The van der Waals surface area contributed by atoms with Gasteiger partial charge in [0.15, 0.2) is 22.5 Å². The highest BCUT2D eigenvalue weighted by molar-refractivity contribution is 7.17. The number of hydrogen-bond donors (Lipinski definition) is 2. The van der Waals surface area contributed by atoms with E-state index in [0.717, 1.165) is 17.4 Å². The topological polar surface area (TPSA) is 97.4 Å². The maximum absolute atomic E-state index is 13.8. The summed E-state index contributed by atoms with van der Waals surface area (Å²) in [6, 6.07) is 10.3. The molecule has 1 aliphatic rings. The molecule has 1 heterocycles. The molecule has 0 aliphatic heterocycles. The number of Topliss-reactive ketones (excluding diaryl/α,β-unsaturated/α-hetero) is 1. The average Bonchev–Trinajstić information content (AvgIpc) is 3.23. The number of nitrogens with one attached hydrogen (secondary N) is 2. The van der Waals surface area contributed by atoms with E-state index in [2.05, 4.69) is 15.6 Å². The van der Waals surface area contributed by atoms with Crippen LogP contribution in [0.3, 0.4) is 0 Å². The van der Waals surface area contributed by atoms with E-state index in [4.69, 9.17) is 4.74 Å². The van der Waals surface area contributed by atoms with Gasteiger partial charge in [0.1, 0.15) is 5.75 Å². The van der Waals surface area contributed by atoms with Crippen LogP contribution in [0.1, 0.15) is 37.7 Å². The van der Waals surface area contributed by atoms with Crippen LogP contribution in [0.15, 0.2) is 42.5 Å². The van der Waals surface area contributed by atoms with Crippen molar-refractivity contribution < 1.29 is 27.9 Å². The number of aromatic nitrogens is 1. The predicted molar refractivity (Wildman–Crippen MR) is 117 cm³/mol. The summed E-state index contributed by atoms with van der Waals surface area (Å²) in [7, 11) is 1.53. The van der Waals surface area contributed by atoms with Crippen molar-refractivity contribution >= 4 is 34.1 Å². The van der Waals surface area contributed by atoms with Gasteiger partial charge >= 0.3 is 0 Å². The van der Waals surface area contributed by atoms with Gasteiger partial charge in [-0.1, -0.05) is 23.5 Å². The van der Waals surface area contributed by atoms with Crippen LogP contribution in [0.2, 0.25) is 0 Å². The Labute approximate surface area is 191 Å². The Morgan fingerprint density at radius 3 is 2.64 bits per heavy atom. The van der Waals surface area contributed by atoms with Gasteiger partial charge in [-0.05, 0) is 30.3 Å². The van der Waals surface area contributed by atoms with Gasteiger partial charge in [-0.25, -0.2) is 13.8 Å². The Hall–Kier alpha value is -3.66. The van der Waals surface area contributed by atoms with E-state index in [1.54, 1.807) is 24.3 Å². The molecule has 2 aromatic carbocycles. The predicted octanol–water partition coefficient (Wildman–Crippen LogP) is 3.74. The number of thiazole rings is 1.